The molecule has 0 saturated carbocycles. The maximum Gasteiger partial charge on any atom is 0.337 e. The largest absolute Gasteiger partial charge is 1.00 e. The number of benzene rings is 4. The van der Waals surface area contributed by atoms with Crippen molar-refractivity contribution in [3.8, 4) is 0 Å². The summed E-state index contributed by atoms with van der Waals surface area (Å²) in [5.74, 6) is -0.317. The summed E-state index contributed by atoms with van der Waals surface area (Å²) in [5, 5.41) is 2.54. The number of rotatable bonds is 8. The number of fused-ring (bicyclic) bond motifs is 3. The Balaban J connectivity index is 0.00000370. The third-order valence-electron chi connectivity index (χ3n) is 7.93. The van der Waals surface area contributed by atoms with E-state index in [9.17, 15) is 4.79 Å². The van der Waals surface area contributed by atoms with Gasteiger partial charge in [-0.1, -0.05) is 48.5 Å². The molecule has 1 heterocycles. The summed E-state index contributed by atoms with van der Waals surface area (Å²) in [6.07, 6.45) is 4.51. The number of halogens is 1. The van der Waals surface area contributed by atoms with E-state index >= 15 is 0 Å². The predicted molar refractivity (Wildman–Crippen MR) is 162 cm³/mol. The zero-order valence-corrected chi connectivity index (χ0v) is 26.1. The fraction of sp³-hybridized carbons (Fsp3) is 0.257. The number of allylic oxidation sites excluding steroid dienone is 1. The van der Waals surface area contributed by atoms with Crippen LogP contribution >= 0.6 is 0 Å². The van der Waals surface area contributed by atoms with Gasteiger partial charge in [-0.25, -0.2) is 4.79 Å². The molecule has 1 aliphatic heterocycles. The monoisotopic (exact) mass is 644 g/mol. The zero-order valence-electron chi connectivity index (χ0n) is 23.9. The lowest BCUT2D eigenvalue weighted by molar-refractivity contribution is -0.454. The lowest BCUT2D eigenvalue weighted by atomic mass is 9.79. The van der Waals surface area contributed by atoms with Crippen LogP contribution in [0.15, 0.2) is 91.0 Å². The van der Waals surface area contributed by atoms with Crippen molar-refractivity contribution in [1.82, 2.24) is 0 Å². The van der Waals surface area contributed by atoms with Crippen LogP contribution in [0, 0.1) is 0 Å². The van der Waals surface area contributed by atoms with Crippen LogP contribution in [0.25, 0.3) is 16.8 Å². The quantitative estimate of drug-likeness (QED) is 0.158. The third kappa shape index (κ3) is 5.57. The van der Waals surface area contributed by atoms with Gasteiger partial charge in [-0.15, -0.1) is 0 Å². The van der Waals surface area contributed by atoms with Crippen molar-refractivity contribution >= 4 is 39.9 Å². The van der Waals surface area contributed by atoms with Crippen LogP contribution in [0.3, 0.4) is 0 Å². The van der Waals surface area contributed by atoms with Gasteiger partial charge in [0.15, 0.2) is 12.3 Å². The molecule has 0 aliphatic carbocycles. The molecule has 0 N–H and O–H groups in total. The number of hydrogen-bond acceptors (Lipinski definition) is 3. The first-order valence-corrected chi connectivity index (χ1v) is 13.7. The molecule has 5 heteroatoms. The van der Waals surface area contributed by atoms with Gasteiger partial charge in [-0.05, 0) is 80.4 Å². The highest BCUT2D eigenvalue weighted by molar-refractivity contribution is 6.09. The minimum atomic E-state index is -0.317. The summed E-state index contributed by atoms with van der Waals surface area (Å²) < 4.78 is 7.31. The Morgan fingerprint density at radius 1 is 0.875 bits per heavy atom. The van der Waals surface area contributed by atoms with Gasteiger partial charge in [0.25, 0.3) is 0 Å². The first-order valence-electron chi connectivity index (χ1n) is 13.7. The number of carbonyl (C=O) groups excluding carboxylic acids is 1. The van der Waals surface area contributed by atoms with Gasteiger partial charge in [0.05, 0.1) is 18.1 Å². The Hall–Kier alpha value is -3.45. The Morgan fingerprint density at radius 3 is 2.20 bits per heavy atom. The van der Waals surface area contributed by atoms with Crippen molar-refractivity contribution in [2.45, 2.75) is 39.7 Å². The van der Waals surface area contributed by atoms with E-state index in [4.69, 9.17) is 4.74 Å². The van der Waals surface area contributed by atoms with Crippen LogP contribution in [0.2, 0.25) is 0 Å². The number of carbonyl (C=O) groups is 1. The van der Waals surface area contributed by atoms with Crippen molar-refractivity contribution in [2.75, 3.05) is 25.1 Å². The number of anilines is 1. The van der Waals surface area contributed by atoms with Crippen molar-refractivity contribution in [3.63, 3.8) is 0 Å². The van der Waals surface area contributed by atoms with Crippen LogP contribution < -0.4 is 28.9 Å². The van der Waals surface area contributed by atoms with E-state index in [1.54, 1.807) is 0 Å². The molecule has 206 valence electrons. The normalized spacial score (nSPS) is 13.8. The average molecular weight is 645 g/mol. The van der Waals surface area contributed by atoms with Gasteiger partial charge in [0, 0.05) is 42.0 Å². The van der Waals surface area contributed by atoms with Crippen LogP contribution in [-0.2, 0) is 16.7 Å². The molecular formula is C35H37IN2O2. The van der Waals surface area contributed by atoms with Crippen molar-refractivity contribution < 1.29 is 38.1 Å². The molecule has 1 aliphatic rings. The first-order chi connectivity index (χ1) is 18.9. The third-order valence-corrected chi connectivity index (χ3v) is 7.93. The van der Waals surface area contributed by atoms with E-state index in [1.165, 1.54) is 46.1 Å². The van der Waals surface area contributed by atoms with E-state index in [0.29, 0.717) is 12.1 Å². The summed E-state index contributed by atoms with van der Waals surface area (Å²) in [4.78, 5) is 14.3. The van der Waals surface area contributed by atoms with Gasteiger partial charge < -0.3 is 33.6 Å². The van der Waals surface area contributed by atoms with Crippen molar-refractivity contribution in [1.29, 1.82) is 0 Å². The zero-order chi connectivity index (χ0) is 27.6. The summed E-state index contributed by atoms with van der Waals surface area (Å²) in [6, 6.07) is 29.7. The smallest absolute Gasteiger partial charge is 0.337 e. The fourth-order valence-corrected chi connectivity index (χ4v) is 5.81. The highest BCUT2D eigenvalue weighted by Gasteiger charge is 2.45. The highest BCUT2D eigenvalue weighted by Crippen LogP contribution is 2.44. The average Bonchev–Trinajstić information content (AvgIpc) is 3.18. The van der Waals surface area contributed by atoms with Crippen LogP contribution in [0.5, 0.6) is 0 Å². The second kappa shape index (κ2) is 12.4. The molecule has 4 aromatic rings. The topological polar surface area (TPSA) is 32.5 Å². The molecule has 40 heavy (non-hydrogen) atoms. The summed E-state index contributed by atoms with van der Waals surface area (Å²) in [5.41, 5.74) is 7.76. The second-order valence-corrected chi connectivity index (χ2v) is 10.6. The number of nitrogens with zero attached hydrogens (tertiary/aromatic N) is 2. The van der Waals surface area contributed by atoms with E-state index in [2.05, 4.69) is 110 Å². The maximum absolute atomic E-state index is 12.0. The van der Waals surface area contributed by atoms with Crippen LogP contribution in [0.4, 0.5) is 11.4 Å². The molecule has 0 bridgehead atoms. The van der Waals surface area contributed by atoms with Crippen molar-refractivity contribution in [3.05, 3.63) is 113 Å². The lowest BCUT2D eigenvalue weighted by Crippen LogP contribution is -3.00. The van der Waals surface area contributed by atoms with Crippen LogP contribution in [-0.4, -0.2) is 36.5 Å². The number of methoxy groups -OCH3 is 1. The predicted octanol–water partition coefficient (Wildman–Crippen LogP) is 4.77. The van der Waals surface area contributed by atoms with Gasteiger partial charge in [-0.2, -0.15) is 4.58 Å². The Morgan fingerprint density at radius 2 is 1.55 bits per heavy atom. The van der Waals surface area contributed by atoms with E-state index < -0.39 is 0 Å². The molecule has 0 amide bonds. The Bertz CT molecular complexity index is 1560. The van der Waals surface area contributed by atoms with Crippen LogP contribution in [0.1, 0.15) is 54.7 Å². The molecule has 0 radical (unpaired) electrons. The Kier molecular flexibility index (Phi) is 9.14. The summed E-state index contributed by atoms with van der Waals surface area (Å²) >= 11 is 0. The fourth-order valence-electron chi connectivity index (χ4n) is 5.81. The molecule has 4 aromatic carbocycles. The number of hydrogen-bond donors (Lipinski definition) is 0. The van der Waals surface area contributed by atoms with Crippen molar-refractivity contribution in [2.24, 2.45) is 0 Å². The van der Waals surface area contributed by atoms with Gasteiger partial charge >= 0.3 is 5.97 Å². The molecule has 0 saturated heterocycles. The lowest BCUT2D eigenvalue weighted by Gasteiger charge is -2.20. The molecule has 5 rings (SSSR count). The molecule has 0 fully saturated rings. The van der Waals surface area contributed by atoms with Gasteiger partial charge in [0.2, 0.25) is 5.69 Å². The maximum atomic E-state index is 12.0. The number of ether oxygens (including phenoxy) is 1. The standard InChI is InChI=1S/C35H37N2O2.HI/c1-6-36(7-2)29-20-14-25(15-21-29)16-23-32-35(3,4)33-30-11-9-8-10-27(30)19-22-31(33)37(32)24-26-12-17-28(18-13-26)34(38)39-5;/h8-23H,6-7,24H2,1-5H3;1H/q+1;/p-1. The molecule has 4 nitrogen and oxygen atoms in total. The SMILES string of the molecule is CCN(CC)c1ccc(/C=C/C2=[N+](Cc3ccc(C(=O)OC)cc3)c3ccc4ccccc4c3C2(C)C)cc1.[I-]. The minimum Gasteiger partial charge on any atom is -1.00 e. The second-order valence-electron chi connectivity index (χ2n) is 10.6. The highest BCUT2D eigenvalue weighted by atomic mass is 127. The van der Waals surface area contributed by atoms with E-state index in [-0.39, 0.29) is 35.4 Å². The summed E-state index contributed by atoms with van der Waals surface area (Å²) in [7, 11) is 1.41. The van der Waals surface area contributed by atoms with E-state index in [1.807, 2.05) is 24.3 Å². The Labute approximate surface area is 255 Å². The molecular weight excluding hydrogens is 607 g/mol. The minimum absolute atomic E-state index is 0. The van der Waals surface area contributed by atoms with Gasteiger partial charge in [0.1, 0.15) is 0 Å². The molecule has 0 unspecified atom stereocenters. The number of esters is 1. The molecule has 0 atom stereocenters. The van der Waals surface area contributed by atoms with Gasteiger partial charge in [-0.3, -0.25) is 0 Å². The first kappa shape index (κ1) is 29.5. The molecule has 0 aromatic heterocycles. The summed E-state index contributed by atoms with van der Waals surface area (Å²) in [6.45, 7) is 11.7. The van der Waals surface area contributed by atoms with E-state index in [0.717, 1.165) is 18.7 Å². The molecule has 0 spiro atoms.